The van der Waals surface area contributed by atoms with Crippen LogP contribution in [0.4, 0.5) is 11.4 Å². The van der Waals surface area contributed by atoms with Crippen LogP contribution in [0.3, 0.4) is 0 Å². The largest absolute Gasteiger partial charge is 0.329 e. The molecule has 0 unspecified atom stereocenters. The molecule has 2 rings (SSSR count). The van der Waals surface area contributed by atoms with Crippen LogP contribution in [0.25, 0.3) is 0 Å². The summed E-state index contributed by atoms with van der Waals surface area (Å²) in [5, 5.41) is 0. The third-order valence-corrected chi connectivity index (χ3v) is 4.27. The fraction of sp³-hybridized carbons (Fsp3) is 0.333. The maximum absolute atomic E-state index is 11.9. The molecule has 1 aliphatic heterocycles. The van der Waals surface area contributed by atoms with Gasteiger partial charge in [0.2, 0.25) is 0 Å². The predicted molar refractivity (Wildman–Crippen MR) is 60.2 cm³/mol. The number of nitrogens with zero attached hydrogens (tertiary/aromatic N) is 2. The van der Waals surface area contributed by atoms with E-state index in [0.717, 1.165) is 0 Å². The molecule has 0 aliphatic carbocycles. The van der Waals surface area contributed by atoms with Gasteiger partial charge in [0.15, 0.2) is 0 Å². The molecule has 0 spiro atoms. The Kier molecular flexibility index (Phi) is 2.32. The van der Waals surface area contributed by atoms with Crippen molar-refractivity contribution in [3.05, 3.63) is 24.3 Å². The molecule has 0 atom stereocenters. The van der Waals surface area contributed by atoms with Gasteiger partial charge in [-0.3, -0.25) is 4.31 Å². The number of hydrogen-bond acceptors (Lipinski definition) is 3. The quantitative estimate of drug-likeness (QED) is 0.782. The van der Waals surface area contributed by atoms with Crippen LogP contribution in [-0.2, 0) is 10.2 Å². The molecule has 2 N–H and O–H groups in total. The molecule has 0 saturated carbocycles. The van der Waals surface area contributed by atoms with Gasteiger partial charge in [-0.05, 0) is 12.1 Å². The van der Waals surface area contributed by atoms with Crippen LogP contribution in [0.15, 0.2) is 24.3 Å². The number of para-hydroxylation sites is 2. The summed E-state index contributed by atoms with van der Waals surface area (Å²) in [6.45, 7) is 0.616. The van der Waals surface area contributed by atoms with Gasteiger partial charge in [-0.1, -0.05) is 12.1 Å². The summed E-state index contributed by atoms with van der Waals surface area (Å²) in [4.78, 5) is 0. The van der Waals surface area contributed by atoms with Gasteiger partial charge in [0.25, 0.3) is 0 Å². The first-order chi connectivity index (χ1) is 7.09. The molecule has 82 valence electrons. The number of benzene rings is 1. The van der Waals surface area contributed by atoms with Gasteiger partial charge in [0, 0.05) is 20.1 Å². The second-order valence-electron chi connectivity index (χ2n) is 3.32. The van der Waals surface area contributed by atoms with Crippen LogP contribution in [0.1, 0.15) is 0 Å². The molecule has 0 saturated heterocycles. The first-order valence-corrected chi connectivity index (χ1v) is 6.04. The van der Waals surface area contributed by atoms with Crippen molar-refractivity contribution in [2.75, 3.05) is 28.7 Å². The Morgan fingerprint density at radius 1 is 1.27 bits per heavy atom. The lowest BCUT2D eigenvalue weighted by Crippen LogP contribution is -2.38. The minimum absolute atomic E-state index is 0.307. The standard InChI is InChI=1S/C9H13N3O2S/c1-11-8-4-2-3-5-9(8)12(7-6-10)15(11,13)14/h2-5H,6-7,10H2,1H3. The first kappa shape index (κ1) is 10.3. The van der Waals surface area contributed by atoms with Crippen molar-refractivity contribution in [2.24, 2.45) is 5.73 Å². The minimum atomic E-state index is -3.40. The summed E-state index contributed by atoms with van der Waals surface area (Å²) in [7, 11) is -1.85. The molecular weight excluding hydrogens is 214 g/mol. The molecule has 1 aromatic rings. The average molecular weight is 227 g/mol. The summed E-state index contributed by atoms with van der Waals surface area (Å²) in [6.07, 6.45) is 0. The Morgan fingerprint density at radius 3 is 2.47 bits per heavy atom. The highest BCUT2D eigenvalue weighted by atomic mass is 32.2. The van der Waals surface area contributed by atoms with Crippen molar-refractivity contribution >= 4 is 21.6 Å². The Hall–Kier alpha value is -1.27. The van der Waals surface area contributed by atoms with Crippen LogP contribution < -0.4 is 14.3 Å². The summed E-state index contributed by atoms with van der Waals surface area (Å²) < 4.78 is 26.5. The van der Waals surface area contributed by atoms with E-state index in [4.69, 9.17) is 5.73 Å². The molecular formula is C9H13N3O2S. The highest BCUT2D eigenvalue weighted by molar-refractivity contribution is 7.94. The van der Waals surface area contributed by atoms with Crippen molar-refractivity contribution in [2.45, 2.75) is 0 Å². The Bertz CT molecular complexity index is 472. The fourth-order valence-electron chi connectivity index (χ4n) is 1.69. The molecule has 0 amide bonds. The van der Waals surface area contributed by atoms with E-state index in [1.807, 2.05) is 12.1 Å². The van der Waals surface area contributed by atoms with Crippen molar-refractivity contribution in [1.82, 2.24) is 0 Å². The number of fused-ring (bicyclic) bond motifs is 1. The molecule has 0 aromatic heterocycles. The van der Waals surface area contributed by atoms with E-state index in [1.54, 1.807) is 19.2 Å². The third kappa shape index (κ3) is 1.37. The van der Waals surface area contributed by atoms with Gasteiger partial charge >= 0.3 is 10.2 Å². The number of rotatable bonds is 2. The van der Waals surface area contributed by atoms with Crippen molar-refractivity contribution in [3.8, 4) is 0 Å². The smallest absolute Gasteiger partial charge is 0.326 e. The lowest BCUT2D eigenvalue weighted by Gasteiger charge is -2.17. The second kappa shape index (κ2) is 3.39. The zero-order valence-electron chi connectivity index (χ0n) is 8.42. The zero-order valence-corrected chi connectivity index (χ0v) is 9.24. The van der Waals surface area contributed by atoms with E-state index in [9.17, 15) is 8.42 Å². The van der Waals surface area contributed by atoms with Crippen molar-refractivity contribution in [3.63, 3.8) is 0 Å². The van der Waals surface area contributed by atoms with Gasteiger partial charge < -0.3 is 5.73 Å². The SMILES string of the molecule is CN1c2ccccc2N(CCN)S1(=O)=O. The van der Waals surface area contributed by atoms with Crippen LogP contribution >= 0.6 is 0 Å². The van der Waals surface area contributed by atoms with Crippen LogP contribution in [0, 0.1) is 0 Å². The van der Waals surface area contributed by atoms with Crippen molar-refractivity contribution in [1.29, 1.82) is 0 Å². The monoisotopic (exact) mass is 227 g/mol. The summed E-state index contributed by atoms with van der Waals surface area (Å²) >= 11 is 0. The van der Waals surface area contributed by atoms with Gasteiger partial charge in [0.1, 0.15) is 0 Å². The van der Waals surface area contributed by atoms with Gasteiger partial charge in [-0.15, -0.1) is 0 Å². The topological polar surface area (TPSA) is 66.6 Å². The van der Waals surface area contributed by atoms with E-state index < -0.39 is 10.2 Å². The summed E-state index contributed by atoms with van der Waals surface area (Å²) in [5.41, 5.74) is 6.81. The highest BCUT2D eigenvalue weighted by Crippen LogP contribution is 2.38. The van der Waals surface area contributed by atoms with E-state index >= 15 is 0 Å². The molecule has 1 aliphatic rings. The second-order valence-corrected chi connectivity index (χ2v) is 5.21. The molecule has 1 aromatic carbocycles. The Morgan fingerprint density at radius 2 is 1.87 bits per heavy atom. The predicted octanol–water partition coefficient (Wildman–Crippen LogP) is 0.146. The van der Waals surface area contributed by atoms with E-state index in [0.29, 0.717) is 24.5 Å². The molecule has 6 heteroatoms. The number of nitrogens with two attached hydrogens (primary N) is 1. The molecule has 0 fully saturated rings. The summed E-state index contributed by atoms with van der Waals surface area (Å²) in [5.74, 6) is 0. The number of anilines is 2. The lowest BCUT2D eigenvalue weighted by molar-refractivity contribution is 0.592. The van der Waals surface area contributed by atoms with Gasteiger partial charge in [-0.25, -0.2) is 4.31 Å². The molecule has 0 radical (unpaired) electrons. The normalized spacial score (nSPS) is 18.0. The highest BCUT2D eigenvalue weighted by Gasteiger charge is 2.36. The lowest BCUT2D eigenvalue weighted by atomic mass is 10.2. The molecule has 15 heavy (non-hydrogen) atoms. The minimum Gasteiger partial charge on any atom is -0.329 e. The maximum atomic E-state index is 11.9. The maximum Gasteiger partial charge on any atom is 0.326 e. The average Bonchev–Trinajstić information content (AvgIpc) is 2.41. The Balaban J connectivity index is 2.56. The van der Waals surface area contributed by atoms with Gasteiger partial charge in [-0.2, -0.15) is 8.42 Å². The number of hydrogen-bond donors (Lipinski definition) is 1. The van der Waals surface area contributed by atoms with E-state index in [2.05, 4.69) is 0 Å². The van der Waals surface area contributed by atoms with Crippen LogP contribution in [0.2, 0.25) is 0 Å². The van der Waals surface area contributed by atoms with E-state index in [1.165, 1.54) is 8.61 Å². The Labute approximate surface area is 89.3 Å². The van der Waals surface area contributed by atoms with E-state index in [-0.39, 0.29) is 0 Å². The zero-order chi connectivity index (χ0) is 11.1. The van der Waals surface area contributed by atoms with Crippen LogP contribution in [-0.4, -0.2) is 28.6 Å². The van der Waals surface area contributed by atoms with Crippen molar-refractivity contribution < 1.29 is 8.42 Å². The fourth-order valence-corrected chi connectivity index (χ4v) is 3.13. The van der Waals surface area contributed by atoms with Gasteiger partial charge in [0.05, 0.1) is 11.4 Å². The molecule has 1 heterocycles. The molecule has 0 bridgehead atoms. The molecule has 5 nitrogen and oxygen atoms in total. The first-order valence-electron chi connectivity index (χ1n) is 4.64. The van der Waals surface area contributed by atoms with Crippen LogP contribution in [0.5, 0.6) is 0 Å². The third-order valence-electron chi connectivity index (χ3n) is 2.45. The summed E-state index contributed by atoms with van der Waals surface area (Å²) in [6, 6.07) is 7.20.